The molecular weight excluding hydrogens is 350 g/mol. The van der Waals surface area contributed by atoms with Gasteiger partial charge in [0.05, 0.1) is 25.0 Å². The van der Waals surface area contributed by atoms with E-state index in [2.05, 4.69) is 10.4 Å². The zero-order valence-corrected chi connectivity index (χ0v) is 14.5. The summed E-state index contributed by atoms with van der Waals surface area (Å²) in [6, 6.07) is 15.3. The maximum Gasteiger partial charge on any atom is 0.322 e. The minimum absolute atomic E-state index is 0.0260. The van der Waals surface area contributed by atoms with Crippen molar-refractivity contribution in [3.63, 3.8) is 0 Å². The highest BCUT2D eigenvalue weighted by Crippen LogP contribution is 2.30. The smallest absolute Gasteiger partial charge is 0.317 e. The highest BCUT2D eigenvalue weighted by Gasteiger charge is 2.24. The molecule has 2 heterocycles. The molecule has 2 aromatic carbocycles. The molecule has 5 nitrogen and oxygen atoms in total. The summed E-state index contributed by atoms with van der Waals surface area (Å²) in [5.74, 6) is 0. The van der Waals surface area contributed by atoms with Gasteiger partial charge in [0, 0.05) is 23.4 Å². The average molecular weight is 368 g/mol. The fourth-order valence-electron chi connectivity index (χ4n) is 3.23. The van der Waals surface area contributed by atoms with E-state index in [1.165, 1.54) is 12.1 Å². The van der Waals surface area contributed by atoms with Gasteiger partial charge in [0.2, 0.25) is 0 Å². The maximum absolute atomic E-state index is 13.0. The van der Waals surface area contributed by atoms with Gasteiger partial charge in [-0.15, -0.1) is 0 Å². The minimum atomic E-state index is -2.52. The molecule has 0 aliphatic carbocycles. The molecule has 2 amide bonds. The lowest BCUT2D eigenvalue weighted by Gasteiger charge is -2.28. The zero-order valence-electron chi connectivity index (χ0n) is 14.5. The number of urea groups is 1. The monoisotopic (exact) mass is 368 g/mol. The second kappa shape index (κ2) is 7.19. The van der Waals surface area contributed by atoms with Crippen molar-refractivity contribution in [2.75, 3.05) is 11.9 Å². The Bertz CT molecular complexity index is 956. The van der Waals surface area contributed by atoms with E-state index in [4.69, 9.17) is 0 Å². The summed E-state index contributed by atoms with van der Waals surface area (Å²) in [5, 5.41) is 7.23. The molecule has 1 aromatic heterocycles. The number of anilines is 1. The van der Waals surface area contributed by atoms with Gasteiger partial charge in [-0.1, -0.05) is 36.4 Å². The number of halogens is 2. The van der Waals surface area contributed by atoms with Crippen LogP contribution in [0.15, 0.2) is 60.8 Å². The van der Waals surface area contributed by atoms with Crippen LogP contribution in [0, 0.1) is 0 Å². The van der Waals surface area contributed by atoms with E-state index >= 15 is 0 Å². The van der Waals surface area contributed by atoms with Crippen LogP contribution in [0.2, 0.25) is 0 Å². The van der Waals surface area contributed by atoms with Crippen LogP contribution < -0.4 is 5.32 Å². The number of rotatable bonds is 3. The van der Waals surface area contributed by atoms with Crippen molar-refractivity contribution in [1.29, 1.82) is 0 Å². The first-order chi connectivity index (χ1) is 13.1. The molecule has 27 heavy (non-hydrogen) atoms. The molecule has 0 spiro atoms. The first-order valence-corrected chi connectivity index (χ1v) is 8.66. The van der Waals surface area contributed by atoms with Crippen molar-refractivity contribution >= 4 is 11.7 Å². The number of alkyl halides is 2. The van der Waals surface area contributed by atoms with Gasteiger partial charge in [-0.3, -0.25) is 4.68 Å². The number of carbonyl (C=O) groups is 1. The molecule has 0 atom stereocenters. The number of amides is 2. The third kappa shape index (κ3) is 3.53. The Hall–Kier alpha value is -3.22. The molecule has 7 heteroatoms. The van der Waals surface area contributed by atoms with Crippen molar-refractivity contribution < 1.29 is 13.6 Å². The maximum atomic E-state index is 13.0. The Labute approximate surface area is 155 Å². The fourth-order valence-corrected chi connectivity index (χ4v) is 3.23. The van der Waals surface area contributed by atoms with E-state index in [0.29, 0.717) is 25.2 Å². The third-order valence-corrected chi connectivity index (χ3v) is 4.63. The predicted octanol–water partition coefficient (Wildman–Crippen LogP) is 4.54. The second-order valence-corrected chi connectivity index (χ2v) is 6.37. The van der Waals surface area contributed by atoms with Crippen molar-refractivity contribution in [2.45, 2.75) is 19.5 Å². The summed E-state index contributed by atoms with van der Waals surface area (Å²) >= 11 is 0. The largest absolute Gasteiger partial charge is 0.322 e. The van der Waals surface area contributed by atoms with Crippen LogP contribution >= 0.6 is 0 Å². The topological polar surface area (TPSA) is 50.2 Å². The van der Waals surface area contributed by atoms with Gasteiger partial charge >= 0.3 is 6.03 Å². The molecule has 0 fully saturated rings. The zero-order chi connectivity index (χ0) is 18.8. The molecule has 0 saturated heterocycles. The van der Waals surface area contributed by atoms with Crippen LogP contribution in [0.4, 0.5) is 19.3 Å². The SMILES string of the molecule is O=C(Nc1ccccc1)N1CCn2ncc(-c3cccc(C(F)F)c3)c2C1. The van der Waals surface area contributed by atoms with Crippen LogP contribution in [-0.2, 0) is 13.1 Å². The number of nitrogens with one attached hydrogen (secondary N) is 1. The lowest BCUT2D eigenvalue weighted by atomic mass is 10.0. The summed E-state index contributed by atoms with van der Waals surface area (Å²) in [4.78, 5) is 14.3. The van der Waals surface area contributed by atoms with E-state index in [1.807, 2.05) is 35.0 Å². The molecule has 1 aliphatic rings. The van der Waals surface area contributed by atoms with E-state index in [1.54, 1.807) is 23.2 Å². The normalized spacial score (nSPS) is 13.5. The number of nitrogens with zero attached hydrogens (tertiary/aromatic N) is 3. The first-order valence-electron chi connectivity index (χ1n) is 8.66. The summed E-state index contributed by atoms with van der Waals surface area (Å²) in [6.45, 7) is 1.46. The molecule has 0 radical (unpaired) electrons. The predicted molar refractivity (Wildman–Crippen MR) is 98.5 cm³/mol. The summed E-state index contributed by atoms with van der Waals surface area (Å²) in [6.07, 6.45) is -0.845. The summed E-state index contributed by atoms with van der Waals surface area (Å²) in [7, 11) is 0. The molecular formula is C20H18F2N4O. The van der Waals surface area contributed by atoms with Gasteiger partial charge in [-0.2, -0.15) is 5.10 Å². The van der Waals surface area contributed by atoms with Gasteiger partial charge < -0.3 is 10.2 Å². The molecule has 4 rings (SSSR count). The van der Waals surface area contributed by atoms with Crippen molar-refractivity contribution in [2.24, 2.45) is 0 Å². The molecule has 1 N–H and O–H groups in total. The van der Waals surface area contributed by atoms with Gasteiger partial charge in [0.15, 0.2) is 0 Å². The Morgan fingerprint density at radius 2 is 1.89 bits per heavy atom. The molecule has 138 valence electrons. The third-order valence-electron chi connectivity index (χ3n) is 4.63. The summed E-state index contributed by atoms with van der Waals surface area (Å²) in [5.41, 5.74) is 3.00. The number of benzene rings is 2. The number of carbonyl (C=O) groups excluding carboxylic acids is 1. The number of fused-ring (bicyclic) bond motifs is 1. The van der Waals surface area contributed by atoms with E-state index < -0.39 is 6.43 Å². The quantitative estimate of drug-likeness (QED) is 0.738. The Morgan fingerprint density at radius 3 is 2.67 bits per heavy atom. The van der Waals surface area contributed by atoms with E-state index in [9.17, 15) is 13.6 Å². The standard InChI is InChI=1S/C20H18F2N4O/c21-19(22)15-6-4-5-14(11-15)17-12-23-26-10-9-25(13-18(17)26)20(27)24-16-7-2-1-3-8-16/h1-8,11-12,19H,9-10,13H2,(H,24,27). The molecule has 1 aliphatic heterocycles. The van der Waals surface area contributed by atoms with Crippen molar-refractivity contribution in [1.82, 2.24) is 14.7 Å². The van der Waals surface area contributed by atoms with Gasteiger partial charge in [-0.25, -0.2) is 13.6 Å². The Kier molecular flexibility index (Phi) is 4.58. The fraction of sp³-hybridized carbons (Fsp3) is 0.200. The average Bonchev–Trinajstić information content (AvgIpc) is 3.12. The molecule has 3 aromatic rings. The molecule has 0 unspecified atom stereocenters. The van der Waals surface area contributed by atoms with Crippen molar-refractivity contribution in [3.05, 3.63) is 72.1 Å². The lowest BCUT2D eigenvalue weighted by Crippen LogP contribution is -2.41. The lowest BCUT2D eigenvalue weighted by molar-refractivity contribution is 0.151. The molecule has 0 saturated carbocycles. The Morgan fingerprint density at radius 1 is 1.07 bits per heavy atom. The van der Waals surface area contributed by atoms with Crippen LogP contribution in [0.1, 0.15) is 17.7 Å². The minimum Gasteiger partial charge on any atom is -0.317 e. The van der Waals surface area contributed by atoms with Gasteiger partial charge in [0.25, 0.3) is 6.43 Å². The molecule has 0 bridgehead atoms. The number of aromatic nitrogens is 2. The number of hydrogen-bond donors (Lipinski definition) is 1. The van der Waals surface area contributed by atoms with Crippen molar-refractivity contribution in [3.8, 4) is 11.1 Å². The Balaban J connectivity index is 1.57. The highest BCUT2D eigenvalue weighted by molar-refractivity contribution is 5.89. The van der Waals surface area contributed by atoms with Crippen LogP contribution in [0.25, 0.3) is 11.1 Å². The number of hydrogen-bond acceptors (Lipinski definition) is 2. The summed E-state index contributed by atoms with van der Waals surface area (Å²) < 4.78 is 27.9. The first kappa shape index (κ1) is 17.2. The van der Waals surface area contributed by atoms with Crippen LogP contribution in [0.5, 0.6) is 0 Å². The second-order valence-electron chi connectivity index (χ2n) is 6.37. The van der Waals surface area contributed by atoms with Gasteiger partial charge in [-0.05, 0) is 23.8 Å². The van der Waals surface area contributed by atoms with E-state index in [-0.39, 0.29) is 11.6 Å². The van der Waals surface area contributed by atoms with Gasteiger partial charge in [0.1, 0.15) is 0 Å². The van der Waals surface area contributed by atoms with Crippen LogP contribution in [0.3, 0.4) is 0 Å². The number of para-hydroxylation sites is 1. The van der Waals surface area contributed by atoms with Crippen LogP contribution in [-0.4, -0.2) is 27.3 Å². The highest BCUT2D eigenvalue weighted by atomic mass is 19.3. The van der Waals surface area contributed by atoms with E-state index in [0.717, 1.165) is 16.9 Å².